The Morgan fingerprint density at radius 1 is 1.24 bits per heavy atom. The van der Waals surface area contributed by atoms with E-state index in [2.05, 4.69) is 22.8 Å². The molecule has 0 saturated heterocycles. The fourth-order valence-electron chi connectivity index (χ4n) is 3.69. The Bertz CT molecular complexity index is 678. The van der Waals surface area contributed by atoms with Crippen LogP contribution in [0, 0.1) is 5.92 Å². The van der Waals surface area contributed by atoms with E-state index in [0.717, 1.165) is 35.7 Å². The lowest BCUT2D eigenvalue weighted by molar-refractivity contribution is -0.134. The maximum Gasteiger partial charge on any atom is 0.146 e. The van der Waals surface area contributed by atoms with Crippen molar-refractivity contribution in [1.82, 2.24) is 4.57 Å². The number of carbonyl (C=O) groups excluding carboxylic acids is 1. The van der Waals surface area contributed by atoms with Crippen LogP contribution < -0.4 is 0 Å². The van der Waals surface area contributed by atoms with Crippen LogP contribution in [0.3, 0.4) is 0 Å². The van der Waals surface area contributed by atoms with Gasteiger partial charge < -0.3 is 9.67 Å². The molecule has 3 nitrogen and oxygen atoms in total. The van der Waals surface area contributed by atoms with Crippen LogP contribution in [0.2, 0.25) is 0 Å². The first kappa shape index (κ1) is 14.3. The SMILES string of the molecule is Cn1ccc2c(C3CCCC(C(C)(C)O)C3=O)cccc21. The molecule has 3 heteroatoms. The number of fused-ring (bicyclic) bond motifs is 1. The van der Waals surface area contributed by atoms with Gasteiger partial charge in [-0.2, -0.15) is 0 Å². The topological polar surface area (TPSA) is 42.2 Å². The van der Waals surface area contributed by atoms with Crippen molar-refractivity contribution in [2.24, 2.45) is 13.0 Å². The van der Waals surface area contributed by atoms with Crippen molar-refractivity contribution < 1.29 is 9.90 Å². The van der Waals surface area contributed by atoms with Gasteiger partial charge in [-0.25, -0.2) is 0 Å². The van der Waals surface area contributed by atoms with E-state index in [9.17, 15) is 9.90 Å². The Labute approximate surface area is 125 Å². The number of aromatic nitrogens is 1. The lowest BCUT2D eigenvalue weighted by Gasteiger charge is -2.35. The van der Waals surface area contributed by atoms with Gasteiger partial charge in [0.15, 0.2) is 0 Å². The molecule has 1 N–H and O–H groups in total. The highest BCUT2D eigenvalue weighted by Gasteiger charge is 2.40. The fourth-order valence-corrected chi connectivity index (χ4v) is 3.69. The predicted octanol–water partition coefficient (Wildman–Crippen LogP) is 3.40. The maximum absolute atomic E-state index is 12.9. The van der Waals surface area contributed by atoms with Crippen LogP contribution >= 0.6 is 0 Å². The summed E-state index contributed by atoms with van der Waals surface area (Å²) in [5, 5.41) is 11.4. The molecule has 0 radical (unpaired) electrons. The van der Waals surface area contributed by atoms with Crippen molar-refractivity contribution >= 4 is 16.7 Å². The maximum atomic E-state index is 12.9. The molecule has 1 aromatic heterocycles. The Morgan fingerprint density at radius 3 is 2.71 bits per heavy atom. The molecule has 112 valence electrons. The van der Waals surface area contributed by atoms with Gasteiger partial charge in [0.1, 0.15) is 5.78 Å². The third kappa shape index (κ3) is 2.40. The molecule has 2 aromatic rings. The number of aryl methyl sites for hydroxylation is 1. The minimum atomic E-state index is -0.930. The molecular weight excluding hydrogens is 262 g/mol. The van der Waals surface area contributed by atoms with Gasteiger partial charge in [0, 0.05) is 36.0 Å². The van der Waals surface area contributed by atoms with Crippen LogP contribution in [0.15, 0.2) is 30.5 Å². The molecule has 0 amide bonds. The highest BCUT2D eigenvalue weighted by atomic mass is 16.3. The summed E-state index contributed by atoms with van der Waals surface area (Å²) >= 11 is 0. The number of carbonyl (C=O) groups is 1. The van der Waals surface area contributed by atoms with Gasteiger partial charge in [0.25, 0.3) is 0 Å². The third-order valence-corrected chi connectivity index (χ3v) is 4.86. The molecular formula is C18H23NO2. The molecule has 21 heavy (non-hydrogen) atoms. The average molecular weight is 285 g/mol. The summed E-state index contributed by atoms with van der Waals surface area (Å²) < 4.78 is 2.08. The minimum Gasteiger partial charge on any atom is -0.390 e. The summed E-state index contributed by atoms with van der Waals surface area (Å²) in [6.07, 6.45) is 4.71. The van der Waals surface area contributed by atoms with E-state index >= 15 is 0 Å². The number of hydrogen-bond acceptors (Lipinski definition) is 2. The monoisotopic (exact) mass is 285 g/mol. The molecule has 1 aliphatic rings. The lowest BCUT2D eigenvalue weighted by Crippen LogP contribution is -2.41. The zero-order chi connectivity index (χ0) is 15.2. The summed E-state index contributed by atoms with van der Waals surface area (Å²) in [6.45, 7) is 3.50. The van der Waals surface area contributed by atoms with E-state index in [0.29, 0.717) is 0 Å². The van der Waals surface area contributed by atoms with Gasteiger partial charge in [-0.3, -0.25) is 4.79 Å². The number of ketones is 1. The standard InChI is InChI=1S/C18H23NO2/c1-18(2,21)15-8-4-7-14(17(15)20)12-6-5-9-16-13(12)10-11-19(16)3/h5-6,9-11,14-15,21H,4,7-8H2,1-3H3. The van der Waals surface area contributed by atoms with Gasteiger partial charge in [0.05, 0.1) is 5.60 Å². The van der Waals surface area contributed by atoms with Gasteiger partial charge in [-0.15, -0.1) is 0 Å². The predicted molar refractivity (Wildman–Crippen MR) is 84.3 cm³/mol. The second-order valence-electron chi connectivity index (χ2n) is 6.80. The van der Waals surface area contributed by atoms with E-state index in [1.807, 2.05) is 19.3 Å². The summed E-state index contributed by atoms with van der Waals surface area (Å²) in [5.74, 6) is -0.137. The zero-order valence-electron chi connectivity index (χ0n) is 13.0. The number of Topliss-reactive ketones (excluding diaryl/α,β-unsaturated/α-hetero) is 1. The van der Waals surface area contributed by atoms with Gasteiger partial charge in [-0.05, 0) is 44.4 Å². The Morgan fingerprint density at radius 2 is 2.00 bits per heavy atom. The third-order valence-electron chi connectivity index (χ3n) is 4.86. The summed E-state index contributed by atoms with van der Waals surface area (Å²) in [5.41, 5.74) is 1.35. The van der Waals surface area contributed by atoms with E-state index in [-0.39, 0.29) is 17.6 Å². The Hall–Kier alpha value is -1.61. The fraction of sp³-hybridized carbons (Fsp3) is 0.500. The van der Waals surface area contributed by atoms with Crippen LogP contribution in [-0.4, -0.2) is 21.1 Å². The zero-order valence-corrected chi connectivity index (χ0v) is 13.0. The Balaban J connectivity index is 2.04. The van der Waals surface area contributed by atoms with Crippen LogP contribution in [0.5, 0.6) is 0 Å². The van der Waals surface area contributed by atoms with Crippen LogP contribution in [0.1, 0.15) is 44.6 Å². The van der Waals surface area contributed by atoms with Crippen molar-refractivity contribution in [3.63, 3.8) is 0 Å². The molecule has 0 bridgehead atoms. The first-order chi connectivity index (χ1) is 9.89. The Kier molecular flexibility index (Phi) is 3.40. The molecule has 0 spiro atoms. The first-order valence-corrected chi connectivity index (χ1v) is 7.69. The van der Waals surface area contributed by atoms with Crippen molar-refractivity contribution in [3.8, 4) is 0 Å². The second kappa shape index (κ2) is 4.99. The number of benzene rings is 1. The largest absolute Gasteiger partial charge is 0.390 e. The quantitative estimate of drug-likeness (QED) is 0.919. The first-order valence-electron chi connectivity index (χ1n) is 7.69. The van der Waals surface area contributed by atoms with E-state index in [4.69, 9.17) is 0 Å². The highest BCUT2D eigenvalue weighted by Crippen LogP contribution is 2.40. The number of aliphatic hydroxyl groups is 1. The molecule has 1 fully saturated rings. The van der Waals surface area contributed by atoms with E-state index < -0.39 is 5.60 Å². The molecule has 1 aliphatic carbocycles. The van der Waals surface area contributed by atoms with Crippen LogP contribution in [-0.2, 0) is 11.8 Å². The van der Waals surface area contributed by atoms with Crippen molar-refractivity contribution in [2.45, 2.75) is 44.6 Å². The van der Waals surface area contributed by atoms with Gasteiger partial charge in [-0.1, -0.05) is 18.6 Å². The number of hydrogen-bond donors (Lipinski definition) is 1. The molecule has 1 saturated carbocycles. The molecule has 2 atom stereocenters. The smallest absolute Gasteiger partial charge is 0.146 e. The van der Waals surface area contributed by atoms with Crippen LogP contribution in [0.4, 0.5) is 0 Å². The second-order valence-corrected chi connectivity index (χ2v) is 6.80. The van der Waals surface area contributed by atoms with E-state index in [1.54, 1.807) is 13.8 Å². The van der Waals surface area contributed by atoms with E-state index in [1.165, 1.54) is 0 Å². The summed E-state index contributed by atoms with van der Waals surface area (Å²) in [6, 6.07) is 8.27. The van der Waals surface area contributed by atoms with Gasteiger partial charge >= 0.3 is 0 Å². The summed E-state index contributed by atoms with van der Waals surface area (Å²) in [4.78, 5) is 12.9. The molecule has 1 heterocycles. The normalized spacial score (nSPS) is 23.7. The molecule has 3 rings (SSSR count). The molecule has 2 unspecified atom stereocenters. The number of rotatable bonds is 2. The lowest BCUT2D eigenvalue weighted by atomic mass is 9.70. The molecule has 1 aromatic carbocycles. The van der Waals surface area contributed by atoms with Crippen molar-refractivity contribution in [1.29, 1.82) is 0 Å². The number of nitrogens with zero attached hydrogens (tertiary/aromatic N) is 1. The van der Waals surface area contributed by atoms with Crippen LogP contribution in [0.25, 0.3) is 10.9 Å². The van der Waals surface area contributed by atoms with Crippen molar-refractivity contribution in [2.75, 3.05) is 0 Å². The minimum absolute atomic E-state index is 0.0822. The summed E-state index contributed by atoms with van der Waals surface area (Å²) in [7, 11) is 2.02. The molecule has 0 aliphatic heterocycles. The van der Waals surface area contributed by atoms with Gasteiger partial charge in [0.2, 0.25) is 0 Å². The van der Waals surface area contributed by atoms with Crippen molar-refractivity contribution in [3.05, 3.63) is 36.0 Å². The highest BCUT2D eigenvalue weighted by molar-refractivity contribution is 5.95. The average Bonchev–Trinajstić information content (AvgIpc) is 2.80.